The fraction of sp³-hybridized carbons (Fsp3) is 0.444. The summed E-state index contributed by atoms with van der Waals surface area (Å²) in [4.78, 5) is 10.9. The van der Waals surface area contributed by atoms with Gasteiger partial charge in [-0.25, -0.2) is 4.98 Å². The second kappa shape index (κ2) is 11.3. The molecule has 0 aliphatic rings. The molecular formula is C18H28IN5S. The molecule has 0 saturated carbocycles. The van der Waals surface area contributed by atoms with E-state index < -0.39 is 0 Å². The molecule has 0 radical (unpaired) electrons. The predicted molar refractivity (Wildman–Crippen MR) is 119 cm³/mol. The highest BCUT2D eigenvalue weighted by Crippen LogP contribution is 2.17. The summed E-state index contributed by atoms with van der Waals surface area (Å²) in [5.74, 6) is 0.815. The van der Waals surface area contributed by atoms with Crippen molar-refractivity contribution >= 4 is 46.4 Å². The van der Waals surface area contributed by atoms with Crippen molar-refractivity contribution in [3.8, 4) is 0 Å². The SMILES string of the molecule is CN=C(NCc1csc(N(C)C)n1)NC(C)CCc1ccccc1.I. The van der Waals surface area contributed by atoms with Crippen molar-refractivity contribution < 1.29 is 0 Å². The average molecular weight is 473 g/mol. The van der Waals surface area contributed by atoms with Gasteiger partial charge >= 0.3 is 0 Å². The van der Waals surface area contributed by atoms with E-state index in [0.29, 0.717) is 12.6 Å². The molecule has 138 valence electrons. The lowest BCUT2D eigenvalue weighted by Crippen LogP contribution is -2.42. The number of rotatable bonds is 7. The largest absolute Gasteiger partial charge is 0.354 e. The smallest absolute Gasteiger partial charge is 0.191 e. The number of nitrogens with zero attached hydrogens (tertiary/aromatic N) is 3. The topological polar surface area (TPSA) is 52.6 Å². The van der Waals surface area contributed by atoms with Crippen LogP contribution in [-0.2, 0) is 13.0 Å². The lowest BCUT2D eigenvalue weighted by Gasteiger charge is -2.17. The number of nitrogens with one attached hydrogen (secondary N) is 2. The first-order valence-corrected chi connectivity index (χ1v) is 9.09. The molecule has 25 heavy (non-hydrogen) atoms. The van der Waals surface area contributed by atoms with Gasteiger partial charge in [-0.1, -0.05) is 30.3 Å². The molecule has 2 rings (SSSR count). The van der Waals surface area contributed by atoms with Gasteiger partial charge in [-0.3, -0.25) is 4.99 Å². The monoisotopic (exact) mass is 473 g/mol. The molecule has 1 aromatic heterocycles. The summed E-state index contributed by atoms with van der Waals surface area (Å²) in [6.07, 6.45) is 2.12. The number of hydrogen-bond acceptors (Lipinski definition) is 4. The Labute approximate surface area is 172 Å². The minimum Gasteiger partial charge on any atom is -0.354 e. The Balaban J connectivity index is 0.00000312. The number of hydrogen-bond donors (Lipinski definition) is 2. The second-order valence-electron chi connectivity index (χ2n) is 6.01. The van der Waals surface area contributed by atoms with Gasteiger partial charge in [0.2, 0.25) is 0 Å². The summed E-state index contributed by atoms with van der Waals surface area (Å²) in [6.45, 7) is 2.86. The molecule has 2 aromatic rings. The molecule has 2 N–H and O–H groups in total. The first-order chi connectivity index (χ1) is 11.6. The minimum absolute atomic E-state index is 0. The van der Waals surface area contributed by atoms with Gasteiger partial charge < -0.3 is 15.5 Å². The first-order valence-electron chi connectivity index (χ1n) is 8.21. The fourth-order valence-electron chi connectivity index (χ4n) is 2.29. The molecule has 1 heterocycles. The van der Waals surface area contributed by atoms with E-state index in [0.717, 1.165) is 29.6 Å². The summed E-state index contributed by atoms with van der Waals surface area (Å²) in [7, 11) is 5.81. The Morgan fingerprint density at radius 2 is 2.00 bits per heavy atom. The van der Waals surface area contributed by atoms with Gasteiger partial charge in [0.1, 0.15) is 0 Å². The molecular weight excluding hydrogens is 445 g/mol. The van der Waals surface area contributed by atoms with Crippen LogP contribution in [0.25, 0.3) is 0 Å². The quantitative estimate of drug-likeness (QED) is 0.367. The summed E-state index contributed by atoms with van der Waals surface area (Å²) in [5, 5.41) is 9.87. The third-order valence-corrected chi connectivity index (χ3v) is 4.73. The summed E-state index contributed by atoms with van der Waals surface area (Å²) in [6, 6.07) is 10.9. The predicted octanol–water partition coefficient (Wildman–Crippen LogP) is 3.51. The maximum atomic E-state index is 4.57. The molecule has 1 unspecified atom stereocenters. The molecule has 0 spiro atoms. The van der Waals surface area contributed by atoms with Crippen molar-refractivity contribution in [2.75, 3.05) is 26.0 Å². The summed E-state index contributed by atoms with van der Waals surface area (Å²) < 4.78 is 0. The van der Waals surface area contributed by atoms with E-state index >= 15 is 0 Å². The number of aliphatic imine (C=N–C) groups is 1. The molecule has 0 saturated heterocycles. The van der Waals surface area contributed by atoms with Crippen LogP contribution in [0.5, 0.6) is 0 Å². The van der Waals surface area contributed by atoms with Crippen molar-refractivity contribution in [1.29, 1.82) is 0 Å². The first kappa shape index (κ1) is 21.7. The van der Waals surface area contributed by atoms with Crippen molar-refractivity contribution in [3.05, 3.63) is 47.0 Å². The minimum atomic E-state index is 0. The van der Waals surface area contributed by atoms with E-state index in [4.69, 9.17) is 0 Å². The molecule has 0 bridgehead atoms. The van der Waals surface area contributed by atoms with E-state index in [9.17, 15) is 0 Å². The molecule has 0 amide bonds. The molecule has 7 heteroatoms. The third kappa shape index (κ3) is 7.60. The average Bonchev–Trinajstić information content (AvgIpc) is 3.07. The van der Waals surface area contributed by atoms with Crippen molar-refractivity contribution in [3.63, 3.8) is 0 Å². The van der Waals surface area contributed by atoms with Gasteiger partial charge in [0.15, 0.2) is 11.1 Å². The normalized spacial score (nSPS) is 12.2. The van der Waals surface area contributed by atoms with Gasteiger partial charge in [-0.15, -0.1) is 35.3 Å². The maximum Gasteiger partial charge on any atom is 0.191 e. The zero-order valence-corrected chi connectivity index (χ0v) is 18.5. The van der Waals surface area contributed by atoms with Crippen molar-refractivity contribution in [2.24, 2.45) is 4.99 Å². The van der Waals surface area contributed by atoms with Crippen molar-refractivity contribution in [1.82, 2.24) is 15.6 Å². The van der Waals surface area contributed by atoms with E-state index in [-0.39, 0.29) is 24.0 Å². The number of aromatic nitrogens is 1. The van der Waals surface area contributed by atoms with Crippen LogP contribution in [0.2, 0.25) is 0 Å². The number of guanidine groups is 1. The number of aryl methyl sites for hydroxylation is 1. The van der Waals surface area contributed by atoms with Crippen LogP contribution < -0.4 is 15.5 Å². The highest BCUT2D eigenvalue weighted by Gasteiger charge is 2.07. The van der Waals surface area contributed by atoms with Crippen molar-refractivity contribution in [2.45, 2.75) is 32.4 Å². The highest BCUT2D eigenvalue weighted by molar-refractivity contribution is 14.0. The van der Waals surface area contributed by atoms with Gasteiger partial charge in [0.25, 0.3) is 0 Å². The Hall–Kier alpha value is -1.35. The van der Waals surface area contributed by atoms with E-state index in [2.05, 4.69) is 63.2 Å². The number of thiazole rings is 1. The summed E-state index contributed by atoms with van der Waals surface area (Å²) in [5.41, 5.74) is 2.40. The highest BCUT2D eigenvalue weighted by atomic mass is 127. The Bertz CT molecular complexity index is 642. The zero-order valence-electron chi connectivity index (χ0n) is 15.3. The molecule has 1 atom stereocenters. The van der Waals surface area contributed by atoms with E-state index in [1.54, 1.807) is 18.4 Å². The maximum absolute atomic E-state index is 4.57. The lowest BCUT2D eigenvalue weighted by atomic mass is 10.1. The molecule has 0 aliphatic carbocycles. The molecule has 1 aromatic carbocycles. The third-order valence-electron chi connectivity index (χ3n) is 3.67. The van der Waals surface area contributed by atoms with Crippen LogP contribution in [-0.4, -0.2) is 38.1 Å². The Kier molecular flexibility index (Phi) is 9.81. The molecule has 5 nitrogen and oxygen atoms in total. The van der Waals surface area contributed by atoms with Gasteiger partial charge in [-0.05, 0) is 25.3 Å². The van der Waals surface area contributed by atoms with Crippen LogP contribution in [0, 0.1) is 0 Å². The van der Waals surface area contributed by atoms with Gasteiger partial charge in [-0.2, -0.15) is 0 Å². The standard InChI is InChI=1S/C18H27N5S.HI/c1-14(10-11-15-8-6-5-7-9-15)21-17(19-2)20-12-16-13-24-18(22-16)23(3)4;/h5-9,13-14H,10-12H2,1-4H3,(H2,19,20,21);1H. The van der Waals surface area contributed by atoms with E-state index in [1.807, 2.05) is 19.0 Å². The van der Waals surface area contributed by atoms with Crippen LogP contribution in [0.1, 0.15) is 24.6 Å². The summed E-state index contributed by atoms with van der Waals surface area (Å²) >= 11 is 1.65. The molecule has 0 aliphatic heterocycles. The Morgan fingerprint density at radius 3 is 2.60 bits per heavy atom. The number of anilines is 1. The fourth-order valence-corrected chi connectivity index (χ4v) is 3.04. The van der Waals surface area contributed by atoms with Crippen LogP contribution in [0.4, 0.5) is 5.13 Å². The van der Waals surface area contributed by atoms with Gasteiger partial charge in [0.05, 0.1) is 12.2 Å². The zero-order chi connectivity index (χ0) is 17.4. The lowest BCUT2D eigenvalue weighted by molar-refractivity contribution is 0.592. The number of benzene rings is 1. The van der Waals surface area contributed by atoms with Gasteiger partial charge in [0, 0.05) is 32.6 Å². The second-order valence-corrected chi connectivity index (χ2v) is 6.85. The van der Waals surface area contributed by atoms with Crippen LogP contribution in [0.15, 0.2) is 40.7 Å². The van der Waals surface area contributed by atoms with Crippen LogP contribution in [0.3, 0.4) is 0 Å². The van der Waals surface area contributed by atoms with E-state index in [1.165, 1.54) is 5.56 Å². The Morgan fingerprint density at radius 1 is 1.28 bits per heavy atom. The number of halogens is 1. The van der Waals surface area contributed by atoms with Crippen LogP contribution >= 0.6 is 35.3 Å². The molecule has 0 fully saturated rings.